The Kier molecular flexibility index (Phi) is 7.43. The summed E-state index contributed by atoms with van der Waals surface area (Å²) >= 11 is 0. The third kappa shape index (κ3) is 5.08. The highest BCUT2D eigenvalue weighted by Gasteiger charge is 2.52. The number of carbonyl (C=O) groups is 2. The largest absolute Gasteiger partial charge is 0.509 e. The van der Waals surface area contributed by atoms with Crippen molar-refractivity contribution in [2.75, 3.05) is 11.9 Å². The van der Waals surface area contributed by atoms with Gasteiger partial charge >= 0.3 is 6.18 Å². The van der Waals surface area contributed by atoms with Gasteiger partial charge in [-0.05, 0) is 50.1 Å². The van der Waals surface area contributed by atoms with Gasteiger partial charge in [0.05, 0.1) is 23.2 Å². The van der Waals surface area contributed by atoms with Crippen LogP contribution in [-0.4, -0.2) is 39.0 Å². The molecular weight excluding hydrogens is 578 g/mol. The normalized spacial score (nSPS) is 18.9. The Morgan fingerprint density at radius 3 is 2.49 bits per heavy atom. The number of nitrogens with one attached hydrogen (secondary N) is 1. The van der Waals surface area contributed by atoms with E-state index >= 15 is 4.39 Å². The van der Waals surface area contributed by atoms with Gasteiger partial charge in [-0.15, -0.1) is 0 Å². The molecule has 1 fully saturated rings. The first kappa shape index (κ1) is 29.7. The van der Waals surface area contributed by atoms with E-state index in [2.05, 4.69) is 5.32 Å². The Balaban J connectivity index is 1.58. The number of carbonyl (C=O) groups excluding carboxylic acids is 2. The molecule has 0 radical (unpaired) electrons. The maximum absolute atomic E-state index is 15.1. The van der Waals surface area contributed by atoms with Gasteiger partial charge in [0.25, 0.3) is 11.8 Å². The Bertz CT molecular complexity index is 1730. The Hall–Kier alpha value is -4.83. The molecule has 43 heavy (non-hydrogen) atoms. The minimum absolute atomic E-state index is 0.193. The van der Waals surface area contributed by atoms with E-state index in [1.54, 1.807) is 13.0 Å². The number of nitriles is 1. The van der Waals surface area contributed by atoms with Gasteiger partial charge < -0.3 is 10.4 Å². The highest BCUT2D eigenvalue weighted by molar-refractivity contribution is 6.24. The van der Waals surface area contributed by atoms with Gasteiger partial charge in [0.2, 0.25) is 0 Å². The Morgan fingerprint density at radius 2 is 1.79 bits per heavy atom. The number of anilines is 1. The molecule has 2 amide bonds. The van der Waals surface area contributed by atoms with Gasteiger partial charge in [0, 0.05) is 28.9 Å². The number of alkyl halides is 3. The van der Waals surface area contributed by atoms with Gasteiger partial charge in [-0.25, -0.2) is 18.2 Å². The van der Waals surface area contributed by atoms with Crippen LogP contribution < -0.4 is 5.32 Å². The van der Waals surface area contributed by atoms with Crippen molar-refractivity contribution >= 4 is 17.5 Å². The first-order chi connectivity index (χ1) is 20.3. The predicted molar refractivity (Wildman–Crippen MR) is 141 cm³/mol. The average molecular weight is 601 g/mol. The van der Waals surface area contributed by atoms with E-state index in [1.165, 1.54) is 23.2 Å². The van der Waals surface area contributed by atoms with Crippen molar-refractivity contribution in [3.05, 3.63) is 100 Å². The summed E-state index contributed by atoms with van der Waals surface area (Å²) in [6.07, 6.45) is -4.08. The molecule has 222 valence electrons. The zero-order chi connectivity index (χ0) is 31.3. The summed E-state index contributed by atoms with van der Waals surface area (Å²) in [6.45, 7) is 1.31. The summed E-state index contributed by atoms with van der Waals surface area (Å²) in [6, 6.07) is 10.6. The molecule has 3 aromatic carbocycles. The molecular formula is C30H22F6N4O3. The Morgan fingerprint density at radius 1 is 1.07 bits per heavy atom. The van der Waals surface area contributed by atoms with Crippen molar-refractivity contribution in [1.29, 1.82) is 5.26 Å². The van der Waals surface area contributed by atoms with Crippen LogP contribution in [0.2, 0.25) is 0 Å². The summed E-state index contributed by atoms with van der Waals surface area (Å²) in [5.74, 6) is -6.38. The molecule has 1 atom stereocenters. The van der Waals surface area contributed by atoms with Crippen LogP contribution in [0, 0.1) is 28.8 Å². The van der Waals surface area contributed by atoms with Crippen molar-refractivity contribution in [3.63, 3.8) is 0 Å². The molecule has 0 unspecified atom stereocenters. The molecule has 0 saturated carbocycles. The van der Waals surface area contributed by atoms with E-state index in [4.69, 9.17) is 0 Å². The standard InChI is InChI=1S/C30H22F6N4O3/c1-29-11-4-12-40(29)39(15-17-6-3-8-21(31)25(17)33)28(43)23(26(29)41)27(42)38-22-10-9-18(30(34,35)36)13-20(22)19-7-2-5-16(14-37)24(19)32/h2-3,5-10,13,41H,4,11-12,15H2,1H3,(H,38,42)/t29-/m1/s1. The minimum atomic E-state index is -4.84. The van der Waals surface area contributed by atoms with Crippen molar-refractivity contribution in [1.82, 2.24) is 10.0 Å². The summed E-state index contributed by atoms with van der Waals surface area (Å²) in [4.78, 5) is 27.3. The molecule has 5 rings (SSSR count). The van der Waals surface area contributed by atoms with Crippen LogP contribution in [0.4, 0.5) is 32.0 Å². The molecule has 13 heteroatoms. The predicted octanol–water partition coefficient (Wildman–Crippen LogP) is 6.22. The fourth-order valence-electron chi connectivity index (χ4n) is 5.44. The fourth-order valence-corrected chi connectivity index (χ4v) is 5.44. The van der Waals surface area contributed by atoms with E-state index in [-0.39, 0.29) is 24.2 Å². The zero-order valence-corrected chi connectivity index (χ0v) is 22.4. The van der Waals surface area contributed by atoms with Crippen molar-refractivity contribution in [2.45, 2.75) is 38.0 Å². The molecule has 0 aliphatic carbocycles. The number of amides is 2. The van der Waals surface area contributed by atoms with Crippen LogP contribution in [0.15, 0.2) is 65.9 Å². The van der Waals surface area contributed by atoms with E-state index in [9.17, 15) is 41.9 Å². The second-order valence-electron chi connectivity index (χ2n) is 10.3. The molecule has 7 nitrogen and oxygen atoms in total. The minimum Gasteiger partial charge on any atom is -0.509 e. The lowest BCUT2D eigenvalue weighted by Gasteiger charge is -2.46. The highest BCUT2D eigenvalue weighted by Crippen LogP contribution is 2.43. The number of rotatable bonds is 5. The first-order valence-electron chi connectivity index (χ1n) is 13.0. The van der Waals surface area contributed by atoms with E-state index in [1.807, 2.05) is 0 Å². The Labute approximate surface area is 241 Å². The number of hydrogen-bond acceptors (Lipinski definition) is 5. The molecule has 0 bridgehead atoms. The van der Waals surface area contributed by atoms with Gasteiger partial charge in [0.15, 0.2) is 11.6 Å². The maximum Gasteiger partial charge on any atom is 0.416 e. The van der Waals surface area contributed by atoms with E-state index < -0.39 is 81.1 Å². The van der Waals surface area contributed by atoms with E-state index in [0.29, 0.717) is 18.6 Å². The van der Waals surface area contributed by atoms with Gasteiger partial charge in [0.1, 0.15) is 23.2 Å². The lowest BCUT2D eigenvalue weighted by Crippen LogP contribution is -2.60. The summed E-state index contributed by atoms with van der Waals surface area (Å²) in [7, 11) is 0. The molecule has 2 N–H and O–H groups in total. The SMILES string of the molecule is C[C@]12CCCN1N(Cc1cccc(F)c1F)C(=O)C(C(=O)Nc1ccc(C(F)(F)F)cc1-c1cccc(C#N)c1F)=C2O. The lowest BCUT2D eigenvalue weighted by atomic mass is 9.90. The quantitative estimate of drug-likeness (QED) is 0.268. The van der Waals surface area contributed by atoms with Gasteiger partial charge in [-0.2, -0.15) is 18.4 Å². The monoisotopic (exact) mass is 600 g/mol. The van der Waals surface area contributed by atoms with Crippen LogP contribution in [0.5, 0.6) is 0 Å². The number of aliphatic hydroxyl groups is 1. The van der Waals surface area contributed by atoms with Gasteiger partial charge in [-0.3, -0.25) is 14.6 Å². The summed E-state index contributed by atoms with van der Waals surface area (Å²) in [5, 5.41) is 25.2. The van der Waals surface area contributed by atoms with Crippen LogP contribution in [0.1, 0.15) is 36.5 Å². The molecule has 1 saturated heterocycles. The number of aliphatic hydroxyl groups excluding tert-OH is 1. The summed E-state index contributed by atoms with van der Waals surface area (Å²) in [5.41, 5.74) is -5.09. The molecule has 0 aromatic heterocycles. The number of fused-ring (bicyclic) bond motifs is 1. The number of halogens is 6. The number of benzene rings is 3. The molecule has 3 aromatic rings. The first-order valence-corrected chi connectivity index (χ1v) is 13.0. The molecule has 2 aliphatic rings. The third-order valence-electron chi connectivity index (χ3n) is 7.67. The summed E-state index contributed by atoms with van der Waals surface area (Å²) < 4.78 is 84.3. The van der Waals surface area contributed by atoms with Crippen LogP contribution >= 0.6 is 0 Å². The molecule has 2 heterocycles. The lowest BCUT2D eigenvalue weighted by molar-refractivity contribution is -0.160. The average Bonchev–Trinajstić information content (AvgIpc) is 3.36. The highest BCUT2D eigenvalue weighted by atomic mass is 19.4. The van der Waals surface area contributed by atoms with Crippen molar-refractivity contribution in [2.24, 2.45) is 0 Å². The number of hydrazine groups is 1. The molecule has 2 aliphatic heterocycles. The van der Waals surface area contributed by atoms with Gasteiger partial charge in [-0.1, -0.05) is 24.3 Å². The van der Waals surface area contributed by atoms with Crippen molar-refractivity contribution < 1.29 is 41.0 Å². The second-order valence-corrected chi connectivity index (χ2v) is 10.3. The van der Waals surface area contributed by atoms with Crippen molar-refractivity contribution in [3.8, 4) is 17.2 Å². The smallest absolute Gasteiger partial charge is 0.416 e. The van der Waals surface area contributed by atoms with E-state index in [0.717, 1.165) is 29.3 Å². The maximum atomic E-state index is 15.1. The van der Waals surface area contributed by atoms with Crippen LogP contribution in [0.25, 0.3) is 11.1 Å². The second kappa shape index (κ2) is 10.8. The fraction of sp³-hybridized carbons (Fsp3) is 0.233. The number of hydrogen-bond donors (Lipinski definition) is 2. The number of nitrogens with zero attached hydrogens (tertiary/aromatic N) is 3. The third-order valence-corrected chi connectivity index (χ3v) is 7.67. The van der Waals surface area contributed by atoms with Crippen LogP contribution in [-0.2, 0) is 22.3 Å². The topological polar surface area (TPSA) is 96.7 Å². The van der Waals surface area contributed by atoms with Crippen LogP contribution in [0.3, 0.4) is 0 Å². The molecule has 0 spiro atoms. The zero-order valence-electron chi connectivity index (χ0n) is 22.4.